The van der Waals surface area contributed by atoms with Crippen molar-refractivity contribution in [3.8, 4) is 5.75 Å². The first-order valence-corrected chi connectivity index (χ1v) is 15.8. The number of fused-ring (bicyclic) bond motifs is 1. The normalized spacial score (nSPS) is 28.9. The van der Waals surface area contributed by atoms with Gasteiger partial charge in [0.15, 0.2) is 0 Å². The van der Waals surface area contributed by atoms with Gasteiger partial charge in [-0.3, -0.25) is 14.4 Å². The maximum atomic E-state index is 14.7. The Morgan fingerprint density at radius 1 is 1.04 bits per heavy atom. The van der Waals surface area contributed by atoms with Gasteiger partial charge in [-0.05, 0) is 74.6 Å². The molecule has 3 aliphatic rings. The number of anilines is 2. The molecule has 0 aliphatic carbocycles. The van der Waals surface area contributed by atoms with Gasteiger partial charge in [0.25, 0.3) is 0 Å². The third kappa shape index (κ3) is 5.26. The highest BCUT2D eigenvalue weighted by molar-refractivity contribution is 6.33. The Morgan fingerprint density at radius 2 is 1.73 bits per heavy atom. The van der Waals surface area contributed by atoms with Crippen molar-refractivity contribution in [2.75, 3.05) is 23.8 Å². The molecule has 1 spiro atoms. The number of nitrogens with one attached hydrogen (secondary N) is 2. The summed E-state index contributed by atoms with van der Waals surface area (Å²) in [5.74, 6) is -2.49. The monoisotopic (exact) mass is 631 g/mol. The summed E-state index contributed by atoms with van der Waals surface area (Å²) in [5.41, 5.74) is -0.430. The number of carbonyl (C=O) groups is 3. The van der Waals surface area contributed by atoms with Crippen molar-refractivity contribution in [1.82, 2.24) is 4.90 Å². The van der Waals surface area contributed by atoms with Gasteiger partial charge in [0.05, 0.1) is 47.4 Å². The number of nitrogens with zero attached hydrogens (tertiary/aromatic N) is 1. The molecule has 7 atom stereocenters. The zero-order chi connectivity index (χ0) is 31.9. The third-order valence-corrected chi connectivity index (χ3v) is 10.1. The van der Waals surface area contributed by atoms with E-state index in [1.165, 1.54) is 4.90 Å². The maximum Gasteiger partial charge on any atom is 0.250 e. The summed E-state index contributed by atoms with van der Waals surface area (Å²) in [7, 11) is 0. The number of aliphatic hydroxyl groups excluding tert-OH is 1. The van der Waals surface area contributed by atoms with Gasteiger partial charge in [-0.1, -0.05) is 61.0 Å². The lowest BCUT2D eigenvalue weighted by Crippen LogP contribution is -2.57. The van der Waals surface area contributed by atoms with Gasteiger partial charge in [0.2, 0.25) is 17.7 Å². The number of ether oxygens (including phenoxy) is 2. The number of rotatable bonds is 10. The van der Waals surface area contributed by atoms with E-state index in [0.29, 0.717) is 41.6 Å². The van der Waals surface area contributed by atoms with E-state index in [0.717, 1.165) is 5.56 Å². The molecule has 3 unspecified atom stereocenters. The van der Waals surface area contributed by atoms with Crippen LogP contribution in [-0.4, -0.2) is 64.2 Å². The van der Waals surface area contributed by atoms with Crippen molar-refractivity contribution >= 4 is 40.7 Å². The summed E-state index contributed by atoms with van der Waals surface area (Å²) in [6, 6.07) is 21.6. The maximum absolute atomic E-state index is 14.7. The van der Waals surface area contributed by atoms with Crippen molar-refractivity contribution < 1.29 is 29.0 Å². The smallest absolute Gasteiger partial charge is 0.250 e. The first kappa shape index (κ1) is 31.1. The first-order chi connectivity index (χ1) is 21.6. The van der Waals surface area contributed by atoms with Crippen LogP contribution in [0.25, 0.3) is 0 Å². The Hall–Kier alpha value is -3.92. The second kappa shape index (κ2) is 12.1. The number of hydrogen-bond donors (Lipinski definition) is 3. The number of para-hydroxylation sites is 1. The van der Waals surface area contributed by atoms with Gasteiger partial charge in [-0.2, -0.15) is 0 Å². The molecule has 3 aromatic carbocycles. The van der Waals surface area contributed by atoms with E-state index in [2.05, 4.69) is 10.6 Å². The average Bonchev–Trinajstić information content (AvgIpc) is 3.55. The van der Waals surface area contributed by atoms with Crippen LogP contribution in [0.5, 0.6) is 5.75 Å². The molecule has 3 fully saturated rings. The van der Waals surface area contributed by atoms with E-state index in [1.807, 2.05) is 51.1 Å². The molecule has 3 aromatic rings. The molecule has 3 aliphatic heterocycles. The minimum absolute atomic E-state index is 0.144. The number of aliphatic hydroxyl groups is 1. The molecule has 3 saturated heterocycles. The van der Waals surface area contributed by atoms with Crippen molar-refractivity contribution in [1.29, 1.82) is 0 Å². The molecular weight excluding hydrogens is 594 g/mol. The van der Waals surface area contributed by atoms with Crippen LogP contribution in [-0.2, 0) is 25.5 Å². The van der Waals surface area contributed by atoms with Crippen molar-refractivity contribution in [2.45, 2.75) is 56.9 Å². The summed E-state index contributed by atoms with van der Waals surface area (Å²) in [4.78, 5) is 44.6. The quantitative estimate of drug-likeness (QED) is 0.292. The Balaban J connectivity index is 1.39. The molecule has 3 N–H and O–H groups in total. The highest BCUT2D eigenvalue weighted by Gasteiger charge is 2.80. The number of amides is 3. The Kier molecular flexibility index (Phi) is 8.37. The minimum atomic E-state index is -1.29. The summed E-state index contributed by atoms with van der Waals surface area (Å²) in [6.07, 6.45) is 0.713. The molecule has 2 bridgehead atoms. The molecule has 0 radical (unpaired) electrons. The van der Waals surface area contributed by atoms with Gasteiger partial charge in [-0.25, -0.2) is 0 Å². The Morgan fingerprint density at radius 3 is 2.40 bits per heavy atom. The second-order valence-electron chi connectivity index (χ2n) is 12.4. The predicted molar refractivity (Wildman–Crippen MR) is 171 cm³/mol. The van der Waals surface area contributed by atoms with E-state index in [-0.39, 0.29) is 24.3 Å². The fraction of sp³-hybridized carbons (Fsp3) is 0.400. The number of carbonyl (C=O) groups excluding carboxylic acids is 3. The summed E-state index contributed by atoms with van der Waals surface area (Å²) < 4.78 is 12.4. The lowest BCUT2D eigenvalue weighted by Gasteiger charge is -2.37. The highest BCUT2D eigenvalue weighted by Crippen LogP contribution is 2.65. The Bertz CT molecular complexity index is 1590. The molecule has 0 saturated carbocycles. The predicted octanol–water partition coefficient (Wildman–Crippen LogP) is 4.93. The molecular formula is C35H38ClN3O6. The van der Waals surface area contributed by atoms with Crippen LogP contribution in [0.4, 0.5) is 11.4 Å². The van der Waals surface area contributed by atoms with E-state index in [1.54, 1.807) is 48.5 Å². The van der Waals surface area contributed by atoms with Crippen LogP contribution in [0.2, 0.25) is 5.02 Å². The number of likely N-dealkylation sites (tertiary alicyclic amines) is 1. The van der Waals surface area contributed by atoms with Gasteiger partial charge in [-0.15, -0.1) is 0 Å². The van der Waals surface area contributed by atoms with Crippen LogP contribution >= 0.6 is 11.6 Å². The van der Waals surface area contributed by atoms with Gasteiger partial charge in [0.1, 0.15) is 17.4 Å². The molecule has 0 aromatic heterocycles. The fourth-order valence-electron chi connectivity index (χ4n) is 7.69. The van der Waals surface area contributed by atoms with Crippen LogP contribution in [0, 0.1) is 17.8 Å². The lowest BCUT2D eigenvalue weighted by atomic mass is 9.62. The molecule has 236 valence electrons. The zero-order valence-corrected chi connectivity index (χ0v) is 26.3. The Labute approximate surface area is 267 Å². The van der Waals surface area contributed by atoms with E-state index >= 15 is 0 Å². The van der Waals surface area contributed by atoms with Crippen LogP contribution in [0.3, 0.4) is 0 Å². The molecule has 10 heteroatoms. The van der Waals surface area contributed by atoms with Gasteiger partial charge >= 0.3 is 0 Å². The van der Waals surface area contributed by atoms with Crippen LogP contribution in [0.1, 0.15) is 32.8 Å². The average molecular weight is 632 g/mol. The van der Waals surface area contributed by atoms with Gasteiger partial charge < -0.3 is 30.1 Å². The van der Waals surface area contributed by atoms with Crippen molar-refractivity contribution in [3.63, 3.8) is 0 Å². The van der Waals surface area contributed by atoms with Crippen LogP contribution in [0.15, 0.2) is 78.9 Å². The number of halogens is 1. The molecule has 6 rings (SSSR count). The summed E-state index contributed by atoms with van der Waals surface area (Å²) in [5, 5.41) is 16.9. The first-order valence-electron chi connectivity index (χ1n) is 15.4. The largest absolute Gasteiger partial charge is 0.494 e. The van der Waals surface area contributed by atoms with E-state index in [9.17, 15) is 19.5 Å². The number of hydrogen-bond acceptors (Lipinski definition) is 6. The molecule has 45 heavy (non-hydrogen) atoms. The minimum Gasteiger partial charge on any atom is -0.494 e. The zero-order valence-electron chi connectivity index (χ0n) is 25.5. The summed E-state index contributed by atoms with van der Waals surface area (Å²) >= 11 is 6.41. The SMILES string of the molecule is CCOc1ccc(NC(=O)[C@@H]2[C@H]3C(=O)N([C@@H](CO)Cc4ccccc4)C(C(=O)Nc4ccccc4Cl)C34CC(C)[C@@]2(C)O4)cc1. The van der Waals surface area contributed by atoms with E-state index in [4.69, 9.17) is 21.1 Å². The van der Waals surface area contributed by atoms with Gasteiger partial charge in [0, 0.05) is 5.69 Å². The second-order valence-corrected chi connectivity index (χ2v) is 12.8. The molecule has 9 nitrogen and oxygen atoms in total. The third-order valence-electron chi connectivity index (χ3n) is 9.77. The van der Waals surface area contributed by atoms with Crippen molar-refractivity contribution in [3.05, 3.63) is 89.4 Å². The molecule has 3 heterocycles. The van der Waals surface area contributed by atoms with E-state index < -0.39 is 41.0 Å². The highest BCUT2D eigenvalue weighted by atomic mass is 35.5. The fourth-order valence-corrected chi connectivity index (χ4v) is 7.87. The number of benzene rings is 3. The lowest BCUT2D eigenvalue weighted by molar-refractivity contribution is -0.147. The standard InChI is InChI=1S/C35H38ClN3O6/c1-4-44-25-16-14-23(15-17-25)37-31(41)28-29-33(43)39(24(20-40)18-22-10-6-5-7-11-22)30(35(29)19-21(2)34(28,3)45-35)32(42)38-27-13-9-8-12-26(27)36/h5-17,21,24,28-30,40H,4,18-20H2,1-3H3,(H,37,41)(H,38,42)/t21?,24-,28+,29+,30?,34-,35?/m1/s1. The van der Waals surface area contributed by atoms with Crippen molar-refractivity contribution in [2.24, 2.45) is 17.8 Å². The topological polar surface area (TPSA) is 117 Å². The summed E-state index contributed by atoms with van der Waals surface area (Å²) in [6.45, 7) is 5.89. The molecule has 3 amide bonds. The van der Waals surface area contributed by atoms with Crippen LogP contribution < -0.4 is 15.4 Å².